The molecule has 2 aliphatic heterocycles. The van der Waals surface area contributed by atoms with Crippen LogP contribution in [0.1, 0.15) is 12.0 Å². The Balaban J connectivity index is 2.02. The lowest BCUT2D eigenvalue weighted by atomic mass is 10.0. The summed E-state index contributed by atoms with van der Waals surface area (Å²) in [6, 6.07) is 5.11. The third kappa shape index (κ3) is 2.15. The van der Waals surface area contributed by atoms with Gasteiger partial charge in [-0.1, -0.05) is 11.6 Å². The molecule has 1 aromatic rings. The Labute approximate surface area is 117 Å². The van der Waals surface area contributed by atoms with E-state index in [0.29, 0.717) is 11.4 Å². The molecule has 2 saturated heterocycles. The summed E-state index contributed by atoms with van der Waals surface area (Å²) in [5.74, 6) is 0.153. The van der Waals surface area contributed by atoms with E-state index < -0.39 is 9.84 Å². The van der Waals surface area contributed by atoms with Gasteiger partial charge in [-0.3, -0.25) is 4.79 Å². The van der Waals surface area contributed by atoms with Crippen molar-refractivity contribution in [2.24, 2.45) is 5.92 Å². The van der Waals surface area contributed by atoms with Gasteiger partial charge in [0.25, 0.3) is 0 Å². The van der Waals surface area contributed by atoms with Crippen LogP contribution in [0.25, 0.3) is 0 Å². The second-order valence-electron chi connectivity index (χ2n) is 5.30. The predicted molar refractivity (Wildman–Crippen MR) is 74.2 cm³/mol. The average molecular weight is 300 g/mol. The van der Waals surface area contributed by atoms with Crippen molar-refractivity contribution < 1.29 is 13.2 Å². The average Bonchev–Trinajstić information content (AvgIpc) is 2.70. The molecule has 6 heteroatoms. The highest BCUT2D eigenvalue weighted by atomic mass is 35.5. The topological polar surface area (TPSA) is 54.5 Å². The van der Waals surface area contributed by atoms with Gasteiger partial charge in [0.2, 0.25) is 5.91 Å². The first-order chi connectivity index (χ1) is 8.87. The Hall–Kier alpha value is -1.07. The Morgan fingerprint density at radius 1 is 1.32 bits per heavy atom. The molecular weight excluding hydrogens is 286 g/mol. The van der Waals surface area contributed by atoms with E-state index in [2.05, 4.69) is 0 Å². The maximum Gasteiger partial charge on any atom is 0.227 e. The fourth-order valence-corrected chi connectivity index (χ4v) is 5.39. The SMILES string of the molecule is Cc1cc(Cl)ccc1N1C(=O)C[C@@H]2CS(=O)(=O)C[C@@H]21. The Bertz CT molecular complexity index is 656. The minimum atomic E-state index is -3.01. The molecule has 2 fully saturated rings. The van der Waals surface area contributed by atoms with E-state index in [1.807, 2.05) is 6.92 Å². The zero-order valence-electron chi connectivity index (χ0n) is 10.5. The minimum absolute atomic E-state index is 0.00956. The van der Waals surface area contributed by atoms with Crippen molar-refractivity contribution in [3.63, 3.8) is 0 Å². The molecule has 1 amide bonds. The van der Waals surface area contributed by atoms with E-state index in [-0.39, 0.29) is 29.4 Å². The molecule has 3 rings (SSSR count). The molecule has 2 heterocycles. The first-order valence-electron chi connectivity index (χ1n) is 6.16. The third-order valence-corrected chi connectivity index (χ3v) is 5.91. The number of hydrogen-bond donors (Lipinski definition) is 0. The monoisotopic (exact) mass is 299 g/mol. The molecule has 0 aromatic heterocycles. The number of carbonyl (C=O) groups is 1. The summed E-state index contributed by atoms with van der Waals surface area (Å²) in [6.45, 7) is 1.88. The molecule has 0 radical (unpaired) electrons. The molecule has 19 heavy (non-hydrogen) atoms. The van der Waals surface area contributed by atoms with Crippen LogP contribution in [0, 0.1) is 12.8 Å². The van der Waals surface area contributed by atoms with Crippen LogP contribution in [-0.2, 0) is 14.6 Å². The highest BCUT2D eigenvalue weighted by Crippen LogP contribution is 2.38. The summed E-state index contributed by atoms with van der Waals surface area (Å²) in [5, 5.41) is 0.614. The largest absolute Gasteiger partial charge is 0.308 e. The van der Waals surface area contributed by atoms with Crippen LogP contribution < -0.4 is 4.90 Å². The van der Waals surface area contributed by atoms with E-state index in [1.165, 1.54) is 0 Å². The van der Waals surface area contributed by atoms with Gasteiger partial charge in [-0.25, -0.2) is 8.42 Å². The highest BCUT2D eigenvalue weighted by molar-refractivity contribution is 7.91. The van der Waals surface area contributed by atoms with Gasteiger partial charge in [-0.15, -0.1) is 0 Å². The number of aryl methyl sites for hydroxylation is 1. The van der Waals surface area contributed by atoms with Crippen molar-refractivity contribution in [1.29, 1.82) is 0 Å². The molecule has 0 aliphatic carbocycles. The summed E-state index contributed by atoms with van der Waals surface area (Å²) in [5.41, 5.74) is 1.67. The second-order valence-corrected chi connectivity index (χ2v) is 7.89. The van der Waals surface area contributed by atoms with E-state index in [4.69, 9.17) is 11.6 Å². The van der Waals surface area contributed by atoms with Gasteiger partial charge in [0.15, 0.2) is 9.84 Å². The zero-order chi connectivity index (χ0) is 13.8. The molecular formula is C13H14ClNO3S. The first kappa shape index (κ1) is 12.9. The molecule has 0 saturated carbocycles. The van der Waals surface area contributed by atoms with Gasteiger partial charge in [-0.2, -0.15) is 0 Å². The summed E-state index contributed by atoms with van der Waals surface area (Å²) >= 11 is 5.92. The maximum absolute atomic E-state index is 12.1. The van der Waals surface area contributed by atoms with Crippen LogP contribution in [0.4, 0.5) is 5.69 Å². The number of benzene rings is 1. The van der Waals surface area contributed by atoms with Crippen molar-refractivity contribution in [2.45, 2.75) is 19.4 Å². The fraction of sp³-hybridized carbons (Fsp3) is 0.462. The van der Waals surface area contributed by atoms with Crippen molar-refractivity contribution in [3.05, 3.63) is 28.8 Å². The Morgan fingerprint density at radius 3 is 2.74 bits per heavy atom. The molecule has 0 N–H and O–H groups in total. The van der Waals surface area contributed by atoms with Crippen LogP contribution >= 0.6 is 11.6 Å². The van der Waals surface area contributed by atoms with Crippen molar-refractivity contribution in [2.75, 3.05) is 16.4 Å². The first-order valence-corrected chi connectivity index (χ1v) is 8.36. The number of halogens is 1. The summed E-state index contributed by atoms with van der Waals surface area (Å²) in [4.78, 5) is 13.8. The van der Waals surface area contributed by atoms with Gasteiger partial charge in [0, 0.05) is 23.0 Å². The lowest BCUT2D eigenvalue weighted by molar-refractivity contribution is -0.117. The zero-order valence-corrected chi connectivity index (χ0v) is 12.0. The number of hydrogen-bond acceptors (Lipinski definition) is 3. The summed E-state index contributed by atoms with van der Waals surface area (Å²) in [6.07, 6.45) is 0.325. The van der Waals surface area contributed by atoms with Gasteiger partial charge in [0.1, 0.15) is 0 Å². The van der Waals surface area contributed by atoms with E-state index in [9.17, 15) is 13.2 Å². The molecule has 0 unspecified atom stereocenters. The van der Waals surface area contributed by atoms with Crippen LogP contribution in [0.2, 0.25) is 5.02 Å². The molecule has 102 valence electrons. The highest BCUT2D eigenvalue weighted by Gasteiger charge is 2.49. The molecule has 4 nitrogen and oxygen atoms in total. The van der Waals surface area contributed by atoms with E-state index in [0.717, 1.165) is 11.3 Å². The summed E-state index contributed by atoms with van der Waals surface area (Å²) in [7, 11) is -3.01. The smallest absolute Gasteiger partial charge is 0.227 e. The minimum Gasteiger partial charge on any atom is -0.308 e. The van der Waals surface area contributed by atoms with Crippen molar-refractivity contribution in [3.8, 4) is 0 Å². The van der Waals surface area contributed by atoms with Crippen molar-refractivity contribution in [1.82, 2.24) is 0 Å². The molecule has 2 aliphatic rings. The molecule has 2 atom stereocenters. The van der Waals surface area contributed by atoms with Gasteiger partial charge in [-0.05, 0) is 30.7 Å². The Morgan fingerprint density at radius 2 is 2.05 bits per heavy atom. The standard InChI is InChI=1S/C13H14ClNO3S/c1-8-4-10(14)2-3-11(8)15-12-7-19(17,18)6-9(12)5-13(15)16/h2-4,9,12H,5-7H2,1H3/t9-,12+/m1/s1. The molecule has 0 bridgehead atoms. The van der Waals surface area contributed by atoms with Crippen molar-refractivity contribution >= 4 is 33.0 Å². The lowest BCUT2D eigenvalue weighted by Gasteiger charge is -2.25. The van der Waals surface area contributed by atoms with Crippen LogP contribution in [-0.4, -0.2) is 31.9 Å². The normalized spacial score (nSPS) is 28.7. The molecule has 0 spiro atoms. The number of rotatable bonds is 1. The lowest BCUT2D eigenvalue weighted by Crippen LogP contribution is -2.36. The summed E-state index contributed by atoms with van der Waals surface area (Å²) < 4.78 is 23.4. The third-order valence-electron chi connectivity index (χ3n) is 3.89. The van der Waals surface area contributed by atoms with Gasteiger partial charge < -0.3 is 4.90 Å². The number of amides is 1. The number of carbonyl (C=O) groups excluding carboxylic acids is 1. The second kappa shape index (κ2) is 4.21. The Kier molecular flexibility index (Phi) is 2.87. The van der Waals surface area contributed by atoms with E-state index in [1.54, 1.807) is 23.1 Å². The quantitative estimate of drug-likeness (QED) is 0.794. The molecule has 1 aromatic carbocycles. The number of nitrogens with zero attached hydrogens (tertiary/aromatic N) is 1. The number of fused-ring (bicyclic) bond motifs is 1. The van der Waals surface area contributed by atoms with Gasteiger partial charge in [0.05, 0.1) is 17.5 Å². The van der Waals surface area contributed by atoms with Crippen LogP contribution in [0.3, 0.4) is 0 Å². The number of anilines is 1. The van der Waals surface area contributed by atoms with Crippen LogP contribution in [0.15, 0.2) is 18.2 Å². The van der Waals surface area contributed by atoms with Gasteiger partial charge >= 0.3 is 0 Å². The maximum atomic E-state index is 12.1. The van der Waals surface area contributed by atoms with E-state index >= 15 is 0 Å². The van der Waals surface area contributed by atoms with Crippen LogP contribution in [0.5, 0.6) is 0 Å². The number of sulfone groups is 1. The fourth-order valence-electron chi connectivity index (χ4n) is 3.09. The predicted octanol–water partition coefficient (Wildman–Crippen LogP) is 1.80.